The summed E-state index contributed by atoms with van der Waals surface area (Å²) in [6, 6.07) is 9.28. The smallest absolute Gasteiger partial charge is 0.282 e. The Kier molecular flexibility index (Phi) is 6.64. The Morgan fingerprint density at radius 3 is 2.64 bits per heavy atom. The Hall–Kier alpha value is -1.82. The van der Waals surface area contributed by atoms with Gasteiger partial charge in [0.15, 0.2) is 17.6 Å². The number of likely N-dealkylation sites (N-methyl/N-ethyl adjacent to an activating group) is 1. The summed E-state index contributed by atoms with van der Waals surface area (Å²) in [5, 5.41) is 3.68. The molecule has 1 amide bonds. The molecule has 0 saturated carbocycles. The minimum absolute atomic E-state index is 0.197. The van der Waals surface area contributed by atoms with Crippen LogP contribution in [-0.2, 0) is 11.3 Å². The molecule has 2 N–H and O–H groups in total. The number of benzene rings is 2. The molecule has 2 rings (SSSR count). The molecular formula is C18H20Cl2FN2O2+. The van der Waals surface area contributed by atoms with Gasteiger partial charge in [-0.05, 0) is 43.3 Å². The predicted octanol–water partition coefficient (Wildman–Crippen LogP) is 3.18. The summed E-state index contributed by atoms with van der Waals surface area (Å²) in [5.41, 5.74) is 1.24. The number of quaternary nitrogens is 1. The third kappa shape index (κ3) is 5.08. The lowest BCUT2D eigenvalue weighted by Gasteiger charge is -2.21. The van der Waals surface area contributed by atoms with Crippen molar-refractivity contribution >= 4 is 34.8 Å². The maximum Gasteiger partial charge on any atom is 0.282 e. The molecular weight excluding hydrogens is 366 g/mol. The monoisotopic (exact) mass is 385 g/mol. The van der Waals surface area contributed by atoms with Gasteiger partial charge in [0.2, 0.25) is 0 Å². The lowest BCUT2D eigenvalue weighted by atomic mass is 10.1. The normalized spacial score (nSPS) is 13.2. The largest absolute Gasteiger partial charge is 0.494 e. The molecule has 0 radical (unpaired) electrons. The first kappa shape index (κ1) is 19.5. The van der Waals surface area contributed by atoms with Crippen LogP contribution >= 0.6 is 23.2 Å². The number of hydrogen-bond donors (Lipinski definition) is 2. The lowest BCUT2D eigenvalue weighted by molar-refractivity contribution is -0.907. The number of carbonyl (C=O) groups excluding carboxylic acids is 1. The van der Waals surface area contributed by atoms with Crippen LogP contribution in [0.15, 0.2) is 36.4 Å². The SMILES string of the molecule is COc1ccc(C[NH+](C)[C@@H](C)C(=O)Nc2cc(Cl)ccc2Cl)cc1F. The fraction of sp³-hybridized carbons (Fsp3) is 0.278. The van der Waals surface area contributed by atoms with Gasteiger partial charge in [-0.25, -0.2) is 4.39 Å². The van der Waals surface area contributed by atoms with Gasteiger partial charge in [0.25, 0.3) is 5.91 Å². The third-order valence-corrected chi connectivity index (χ3v) is 4.58. The fourth-order valence-electron chi connectivity index (χ4n) is 2.35. The molecule has 0 bridgehead atoms. The second-order valence-electron chi connectivity index (χ2n) is 5.83. The molecule has 134 valence electrons. The number of nitrogens with one attached hydrogen (secondary N) is 2. The summed E-state index contributed by atoms with van der Waals surface area (Å²) in [5.74, 6) is -0.422. The molecule has 25 heavy (non-hydrogen) atoms. The maximum atomic E-state index is 13.8. The van der Waals surface area contributed by atoms with Crippen LogP contribution in [0.25, 0.3) is 0 Å². The van der Waals surface area contributed by atoms with E-state index in [-0.39, 0.29) is 17.7 Å². The van der Waals surface area contributed by atoms with Gasteiger partial charge in [0.05, 0.1) is 24.9 Å². The van der Waals surface area contributed by atoms with Crippen molar-refractivity contribution in [3.05, 3.63) is 57.8 Å². The number of hydrogen-bond acceptors (Lipinski definition) is 2. The van der Waals surface area contributed by atoms with Crippen LogP contribution in [0, 0.1) is 5.82 Å². The minimum atomic E-state index is -0.421. The molecule has 0 fully saturated rings. The van der Waals surface area contributed by atoms with Crippen molar-refractivity contribution in [2.24, 2.45) is 0 Å². The molecule has 0 aliphatic carbocycles. The Balaban J connectivity index is 2.03. The van der Waals surface area contributed by atoms with E-state index in [0.29, 0.717) is 22.3 Å². The summed E-state index contributed by atoms with van der Waals surface area (Å²) in [7, 11) is 3.29. The van der Waals surface area contributed by atoms with Gasteiger partial charge in [0.1, 0.15) is 6.54 Å². The number of rotatable bonds is 6. The van der Waals surface area contributed by atoms with Gasteiger partial charge >= 0.3 is 0 Å². The summed E-state index contributed by atoms with van der Waals surface area (Å²) >= 11 is 12.0. The van der Waals surface area contributed by atoms with Crippen LogP contribution in [0.3, 0.4) is 0 Å². The summed E-state index contributed by atoms with van der Waals surface area (Å²) in [4.78, 5) is 13.4. The van der Waals surface area contributed by atoms with Crippen LogP contribution in [0.4, 0.5) is 10.1 Å². The lowest BCUT2D eigenvalue weighted by Crippen LogP contribution is -3.12. The van der Waals surface area contributed by atoms with E-state index in [2.05, 4.69) is 5.32 Å². The zero-order valence-electron chi connectivity index (χ0n) is 14.2. The average molecular weight is 386 g/mol. The van der Waals surface area contributed by atoms with Crippen molar-refractivity contribution in [3.8, 4) is 5.75 Å². The minimum Gasteiger partial charge on any atom is -0.494 e. The van der Waals surface area contributed by atoms with Crippen molar-refractivity contribution < 1.29 is 18.8 Å². The van der Waals surface area contributed by atoms with E-state index < -0.39 is 5.82 Å². The number of carbonyl (C=O) groups is 1. The van der Waals surface area contributed by atoms with Crippen molar-refractivity contribution in [2.45, 2.75) is 19.5 Å². The van der Waals surface area contributed by atoms with Crippen LogP contribution < -0.4 is 15.0 Å². The quantitative estimate of drug-likeness (QED) is 0.801. The highest BCUT2D eigenvalue weighted by Crippen LogP contribution is 2.25. The first-order valence-corrected chi connectivity index (χ1v) is 8.48. The van der Waals surface area contributed by atoms with Gasteiger partial charge in [-0.3, -0.25) is 4.79 Å². The van der Waals surface area contributed by atoms with Crippen LogP contribution in [0.5, 0.6) is 5.75 Å². The predicted molar refractivity (Wildman–Crippen MR) is 98.1 cm³/mol. The van der Waals surface area contributed by atoms with Crippen molar-refractivity contribution in [1.29, 1.82) is 0 Å². The summed E-state index contributed by atoms with van der Waals surface area (Å²) in [6.45, 7) is 2.28. The van der Waals surface area contributed by atoms with E-state index in [4.69, 9.17) is 27.9 Å². The van der Waals surface area contributed by atoms with Gasteiger partial charge in [-0.2, -0.15) is 0 Å². The second-order valence-corrected chi connectivity index (χ2v) is 6.67. The molecule has 0 spiro atoms. The van der Waals surface area contributed by atoms with Crippen LogP contribution in [-0.4, -0.2) is 26.1 Å². The molecule has 0 aliphatic rings. The third-order valence-electron chi connectivity index (χ3n) is 4.02. The van der Waals surface area contributed by atoms with Gasteiger partial charge in [0, 0.05) is 10.6 Å². The molecule has 2 aromatic rings. The summed E-state index contributed by atoms with van der Waals surface area (Å²) in [6.07, 6.45) is 0. The second kappa shape index (κ2) is 8.52. The number of methoxy groups -OCH3 is 1. The van der Waals surface area contributed by atoms with Crippen LogP contribution in [0.2, 0.25) is 10.0 Å². The highest BCUT2D eigenvalue weighted by Gasteiger charge is 2.23. The van der Waals surface area contributed by atoms with Crippen molar-refractivity contribution in [2.75, 3.05) is 19.5 Å². The van der Waals surface area contributed by atoms with Crippen molar-refractivity contribution in [3.63, 3.8) is 0 Å². The Morgan fingerprint density at radius 2 is 2.00 bits per heavy atom. The zero-order valence-corrected chi connectivity index (χ0v) is 15.7. The van der Waals surface area contributed by atoms with E-state index in [1.807, 2.05) is 7.05 Å². The molecule has 0 aliphatic heterocycles. The van der Waals surface area contributed by atoms with E-state index in [0.717, 1.165) is 10.5 Å². The molecule has 0 heterocycles. The number of ether oxygens (including phenoxy) is 1. The molecule has 4 nitrogen and oxygen atoms in total. The van der Waals surface area contributed by atoms with Crippen molar-refractivity contribution in [1.82, 2.24) is 0 Å². The number of anilines is 1. The van der Waals surface area contributed by atoms with Gasteiger partial charge in [-0.1, -0.05) is 23.2 Å². The van der Waals surface area contributed by atoms with Gasteiger partial charge < -0.3 is 15.0 Å². The highest BCUT2D eigenvalue weighted by atomic mass is 35.5. The maximum absolute atomic E-state index is 13.8. The Labute approximate surface area is 156 Å². The Bertz CT molecular complexity index is 771. The Morgan fingerprint density at radius 1 is 1.28 bits per heavy atom. The standard InChI is InChI=1S/C18H19Cl2FN2O2/c1-11(18(24)22-16-9-13(19)5-6-14(16)20)23(2)10-12-4-7-17(25-3)15(21)8-12/h4-9,11H,10H2,1-3H3,(H,22,24)/p+1/t11-/m0/s1. The number of amides is 1. The molecule has 7 heteroatoms. The molecule has 2 aromatic carbocycles. The number of halogens is 3. The molecule has 2 atom stereocenters. The summed E-state index contributed by atoms with van der Waals surface area (Å²) < 4.78 is 18.7. The molecule has 0 saturated heterocycles. The topological polar surface area (TPSA) is 42.8 Å². The molecule has 1 unspecified atom stereocenters. The van der Waals surface area contributed by atoms with Crippen LogP contribution in [0.1, 0.15) is 12.5 Å². The molecule has 0 aromatic heterocycles. The van der Waals surface area contributed by atoms with Gasteiger partial charge in [-0.15, -0.1) is 0 Å². The van der Waals surface area contributed by atoms with E-state index >= 15 is 0 Å². The van der Waals surface area contributed by atoms with E-state index in [1.165, 1.54) is 13.2 Å². The van der Waals surface area contributed by atoms with E-state index in [9.17, 15) is 9.18 Å². The average Bonchev–Trinajstić information content (AvgIpc) is 2.57. The van der Waals surface area contributed by atoms with E-state index in [1.54, 1.807) is 37.3 Å². The zero-order chi connectivity index (χ0) is 18.6. The fourth-order valence-corrected chi connectivity index (χ4v) is 2.69. The highest BCUT2D eigenvalue weighted by molar-refractivity contribution is 6.35. The first-order chi connectivity index (χ1) is 11.8. The first-order valence-electron chi connectivity index (χ1n) is 7.72.